The quantitative estimate of drug-likeness (QED) is 0.713. The van der Waals surface area contributed by atoms with Gasteiger partial charge in [-0.25, -0.2) is 8.42 Å². The van der Waals surface area contributed by atoms with Gasteiger partial charge in [0, 0.05) is 13.1 Å². The molecule has 0 radical (unpaired) electrons. The first-order chi connectivity index (χ1) is 13.5. The van der Waals surface area contributed by atoms with Crippen LogP contribution in [-0.4, -0.2) is 43.4 Å². The summed E-state index contributed by atoms with van der Waals surface area (Å²) in [5.74, 6) is 0.557. The van der Waals surface area contributed by atoms with Crippen molar-refractivity contribution >= 4 is 20.0 Å². The van der Waals surface area contributed by atoms with Gasteiger partial charge in [-0.1, -0.05) is 32.9 Å². The molecule has 0 unspecified atom stereocenters. The van der Waals surface area contributed by atoms with Crippen molar-refractivity contribution in [1.29, 1.82) is 0 Å². The summed E-state index contributed by atoms with van der Waals surface area (Å²) in [6.07, 6.45) is 1.79. The molecule has 29 heavy (non-hydrogen) atoms. The summed E-state index contributed by atoms with van der Waals surface area (Å²) in [6, 6.07) is 6.63. The predicted octanol–water partition coefficient (Wildman–Crippen LogP) is 3.28. The summed E-state index contributed by atoms with van der Waals surface area (Å²) in [4.78, 5) is 0.0806. The van der Waals surface area contributed by atoms with Gasteiger partial charge >= 0.3 is 0 Å². The second-order valence-electron chi connectivity index (χ2n) is 8.18. The smallest absolute Gasteiger partial charge is 0.207 e. The van der Waals surface area contributed by atoms with E-state index in [4.69, 9.17) is 0 Å². The lowest BCUT2D eigenvalue weighted by Gasteiger charge is -2.30. The summed E-state index contributed by atoms with van der Waals surface area (Å²) < 4.78 is 55.1. The van der Waals surface area contributed by atoms with Gasteiger partial charge < -0.3 is 0 Å². The van der Waals surface area contributed by atoms with Crippen LogP contribution in [0, 0.1) is 19.8 Å². The van der Waals surface area contributed by atoms with Gasteiger partial charge in [0.25, 0.3) is 10.0 Å². The maximum Gasteiger partial charge on any atom is 0.283 e. The van der Waals surface area contributed by atoms with Crippen LogP contribution < -0.4 is 0 Å². The van der Waals surface area contributed by atoms with Crippen LogP contribution in [0.25, 0.3) is 0 Å². The molecule has 0 amide bonds. The van der Waals surface area contributed by atoms with E-state index in [-0.39, 0.29) is 33.0 Å². The van der Waals surface area contributed by atoms with E-state index >= 15 is 0 Å². The topological polar surface area (TPSA) is 89.3 Å². The number of hydrogen-bond acceptors (Lipinski definition) is 5. The van der Waals surface area contributed by atoms with Crippen molar-refractivity contribution in [2.45, 2.75) is 63.2 Å². The van der Waals surface area contributed by atoms with Gasteiger partial charge in [0.1, 0.15) is 4.90 Å². The maximum absolute atomic E-state index is 13.2. The highest BCUT2D eigenvalue weighted by molar-refractivity contribution is 7.90. The van der Waals surface area contributed by atoms with Gasteiger partial charge in [0.05, 0.1) is 16.3 Å². The van der Waals surface area contributed by atoms with Crippen LogP contribution in [0.15, 0.2) is 34.1 Å². The Labute approximate surface area is 173 Å². The third-order valence-electron chi connectivity index (χ3n) is 5.47. The fraction of sp³-hybridized carbons (Fsp3) is 0.550. The lowest BCUT2D eigenvalue weighted by molar-refractivity contribution is 0.281. The van der Waals surface area contributed by atoms with Crippen LogP contribution in [0.2, 0.25) is 0 Å². The molecule has 0 saturated carbocycles. The van der Waals surface area contributed by atoms with Gasteiger partial charge in [-0.05, 0) is 56.2 Å². The van der Waals surface area contributed by atoms with Crippen molar-refractivity contribution in [1.82, 2.24) is 13.5 Å². The second-order valence-corrected chi connectivity index (χ2v) is 11.8. The lowest BCUT2D eigenvalue weighted by Crippen LogP contribution is -2.39. The van der Waals surface area contributed by atoms with Crippen molar-refractivity contribution in [2.24, 2.45) is 5.92 Å². The molecule has 9 heteroatoms. The third kappa shape index (κ3) is 4.00. The van der Waals surface area contributed by atoms with Crippen LogP contribution in [0.5, 0.6) is 0 Å². The third-order valence-corrected chi connectivity index (χ3v) is 9.27. The SMILES string of the molecule is Cc1nn(S(=O)(=O)c2ccc(C(C)C)cc2)c(C)c1S(=O)(=O)N1CCC[C@@H](C)C1. The van der Waals surface area contributed by atoms with Crippen molar-refractivity contribution < 1.29 is 16.8 Å². The Balaban J connectivity index is 2.05. The molecule has 0 bridgehead atoms. The van der Waals surface area contributed by atoms with E-state index in [0.29, 0.717) is 13.1 Å². The normalized spacial score (nSPS) is 19.0. The van der Waals surface area contributed by atoms with Crippen LogP contribution in [0.3, 0.4) is 0 Å². The average molecular weight is 440 g/mol. The molecule has 1 saturated heterocycles. The number of nitrogens with zero attached hydrogens (tertiary/aromatic N) is 3. The Morgan fingerprint density at radius 1 is 1.03 bits per heavy atom. The predicted molar refractivity (Wildman–Crippen MR) is 112 cm³/mol. The summed E-state index contributed by atoms with van der Waals surface area (Å²) in [5.41, 5.74) is 1.34. The van der Waals surface area contributed by atoms with Gasteiger partial charge in [-0.2, -0.15) is 21.9 Å². The fourth-order valence-electron chi connectivity index (χ4n) is 3.83. The highest BCUT2D eigenvalue weighted by Crippen LogP contribution is 2.29. The van der Waals surface area contributed by atoms with Crippen molar-refractivity contribution in [3.8, 4) is 0 Å². The average Bonchev–Trinajstić information content (AvgIpc) is 2.97. The number of sulfonamides is 1. The van der Waals surface area contributed by atoms with Crippen LogP contribution in [0.1, 0.15) is 56.5 Å². The molecule has 1 aromatic carbocycles. The summed E-state index contributed by atoms with van der Waals surface area (Å²) in [6.45, 7) is 10.0. The Bertz CT molecular complexity index is 1100. The molecule has 2 heterocycles. The second kappa shape index (κ2) is 7.85. The Morgan fingerprint density at radius 2 is 1.66 bits per heavy atom. The molecule has 1 aliphatic heterocycles. The zero-order valence-electron chi connectivity index (χ0n) is 17.6. The minimum Gasteiger partial charge on any atom is -0.207 e. The van der Waals surface area contributed by atoms with E-state index in [0.717, 1.165) is 22.5 Å². The number of aromatic nitrogens is 2. The van der Waals surface area contributed by atoms with E-state index in [1.165, 1.54) is 11.2 Å². The molecule has 0 N–H and O–H groups in total. The van der Waals surface area contributed by atoms with Gasteiger partial charge in [-0.3, -0.25) is 0 Å². The molecule has 1 atom stereocenters. The molecule has 0 spiro atoms. The first kappa shape index (κ1) is 22.0. The minimum atomic E-state index is -3.99. The molecular formula is C20H29N3O4S2. The van der Waals surface area contributed by atoms with E-state index < -0.39 is 20.0 Å². The lowest BCUT2D eigenvalue weighted by atomic mass is 10.0. The maximum atomic E-state index is 13.2. The number of piperidine rings is 1. The van der Waals surface area contributed by atoms with Crippen LogP contribution in [0.4, 0.5) is 0 Å². The molecule has 2 aromatic rings. The van der Waals surface area contributed by atoms with Gasteiger partial charge in [0.15, 0.2) is 0 Å². The first-order valence-corrected chi connectivity index (χ1v) is 12.8. The number of aryl methyl sites for hydroxylation is 1. The summed E-state index contributed by atoms with van der Waals surface area (Å²) in [7, 11) is -7.80. The summed E-state index contributed by atoms with van der Waals surface area (Å²) >= 11 is 0. The monoisotopic (exact) mass is 439 g/mol. The van der Waals surface area contributed by atoms with Crippen molar-refractivity contribution in [2.75, 3.05) is 13.1 Å². The molecule has 3 rings (SSSR count). The van der Waals surface area contributed by atoms with Crippen molar-refractivity contribution in [3.05, 3.63) is 41.2 Å². The molecule has 1 aliphatic rings. The largest absolute Gasteiger partial charge is 0.283 e. The molecular weight excluding hydrogens is 410 g/mol. The number of hydrogen-bond donors (Lipinski definition) is 0. The highest BCUT2D eigenvalue weighted by Gasteiger charge is 2.35. The van der Waals surface area contributed by atoms with Crippen LogP contribution >= 0.6 is 0 Å². The van der Waals surface area contributed by atoms with E-state index in [1.54, 1.807) is 31.2 Å². The van der Waals surface area contributed by atoms with Crippen molar-refractivity contribution in [3.63, 3.8) is 0 Å². The molecule has 160 valence electrons. The first-order valence-electron chi connectivity index (χ1n) is 9.88. The Hall–Kier alpha value is -1.71. The number of benzene rings is 1. The summed E-state index contributed by atoms with van der Waals surface area (Å²) in [5, 5.41) is 4.12. The van der Waals surface area contributed by atoms with Crippen LogP contribution in [-0.2, 0) is 20.0 Å². The Kier molecular flexibility index (Phi) is 5.95. The fourth-order valence-corrected chi connectivity index (χ4v) is 7.20. The Morgan fingerprint density at radius 3 is 2.21 bits per heavy atom. The standard InChI is InChI=1S/C20H29N3O4S2/c1-14(2)18-8-10-19(11-9-18)28(24,25)23-17(5)20(16(4)21-23)29(26,27)22-12-6-7-15(3)13-22/h8-11,14-15H,6-7,12-13H2,1-5H3/t15-/m1/s1. The van der Waals surface area contributed by atoms with E-state index in [9.17, 15) is 16.8 Å². The number of rotatable bonds is 5. The molecule has 0 aliphatic carbocycles. The molecule has 7 nitrogen and oxygen atoms in total. The van der Waals surface area contributed by atoms with E-state index in [2.05, 4.69) is 5.10 Å². The highest BCUT2D eigenvalue weighted by atomic mass is 32.2. The zero-order chi connectivity index (χ0) is 21.6. The molecule has 1 fully saturated rings. The minimum absolute atomic E-state index is 0.00558. The van der Waals surface area contributed by atoms with E-state index in [1.807, 2.05) is 20.8 Å². The van der Waals surface area contributed by atoms with Gasteiger partial charge in [0.2, 0.25) is 10.0 Å². The van der Waals surface area contributed by atoms with Gasteiger partial charge in [-0.15, -0.1) is 0 Å². The zero-order valence-corrected chi connectivity index (χ0v) is 19.2. The molecule has 1 aromatic heterocycles.